The molecule has 5 nitrogen and oxygen atoms in total. The molecule has 0 bridgehead atoms. The summed E-state index contributed by atoms with van der Waals surface area (Å²) in [6, 6.07) is 12.9. The van der Waals surface area contributed by atoms with Crippen LogP contribution in [0.2, 0.25) is 0 Å². The second kappa shape index (κ2) is 10.3. The molecule has 7 heteroatoms. The van der Waals surface area contributed by atoms with E-state index in [1.54, 1.807) is 0 Å². The Morgan fingerprint density at radius 3 is 2.52 bits per heavy atom. The number of carbonyl (C=O) groups is 2. The molecule has 144 valence electrons. The van der Waals surface area contributed by atoms with Crippen molar-refractivity contribution >= 4 is 17.5 Å². The van der Waals surface area contributed by atoms with Crippen molar-refractivity contribution in [1.82, 2.24) is 5.32 Å². The molecule has 0 fully saturated rings. The maximum absolute atomic E-state index is 12.2. The van der Waals surface area contributed by atoms with E-state index in [1.807, 2.05) is 24.3 Å². The van der Waals surface area contributed by atoms with Crippen LogP contribution in [0, 0.1) is 0 Å². The van der Waals surface area contributed by atoms with Crippen LogP contribution in [0.4, 0.5) is 14.5 Å². The summed E-state index contributed by atoms with van der Waals surface area (Å²) in [6.45, 7) is -1.08. The number of amides is 2. The number of hydrogen-bond acceptors (Lipinski definition) is 3. The van der Waals surface area contributed by atoms with E-state index in [2.05, 4.69) is 22.3 Å². The van der Waals surface area contributed by atoms with Gasteiger partial charge in [-0.1, -0.05) is 31.5 Å². The average molecular weight is 376 g/mol. The minimum Gasteiger partial charge on any atom is -0.435 e. The van der Waals surface area contributed by atoms with Gasteiger partial charge in [0.2, 0.25) is 5.91 Å². The van der Waals surface area contributed by atoms with Gasteiger partial charge >= 0.3 is 6.61 Å². The van der Waals surface area contributed by atoms with E-state index in [-0.39, 0.29) is 23.8 Å². The van der Waals surface area contributed by atoms with E-state index in [1.165, 1.54) is 29.8 Å². The Kier molecular flexibility index (Phi) is 7.73. The van der Waals surface area contributed by atoms with E-state index in [0.29, 0.717) is 5.69 Å². The lowest BCUT2D eigenvalue weighted by Gasteiger charge is -2.09. The molecule has 0 aliphatic rings. The Labute approximate surface area is 156 Å². The summed E-state index contributed by atoms with van der Waals surface area (Å²) in [5.41, 5.74) is 1.97. The Balaban J connectivity index is 1.83. The molecule has 0 aliphatic carbocycles. The highest BCUT2D eigenvalue weighted by Crippen LogP contribution is 2.16. The van der Waals surface area contributed by atoms with Crippen LogP contribution in [0.3, 0.4) is 0 Å². The summed E-state index contributed by atoms with van der Waals surface area (Å²) in [4.78, 5) is 24.0. The normalized spacial score (nSPS) is 10.5. The molecule has 2 amide bonds. The van der Waals surface area contributed by atoms with Crippen LogP contribution in [-0.2, 0) is 11.2 Å². The van der Waals surface area contributed by atoms with Gasteiger partial charge < -0.3 is 15.4 Å². The van der Waals surface area contributed by atoms with E-state index >= 15 is 0 Å². The molecule has 0 unspecified atom stereocenters. The molecule has 0 atom stereocenters. The molecular formula is C20H22F2N2O3. The number of aryl methyl sites for hydroxylation is 1. The molecule has 2 N–H and O–H groups in total. The van der Waals surface area contributed by atoms with E-state index < -0.39 is 12.5 Å². The zero-order valence-electron chi connectivity index (χ0n) is 15.0. The predicted molar refractivity (Wildman–Crippen MR) is 99.1 cm³/mol. The molecule has 0 aromatic heterocycles. The highest BCUT2D eigenvalue weighted by Gasteiger charge is 2.11. The third-order valence-electron chi connectivity index (χ3n) is 3.79. The molecule has 2 aromatic rings. The zero-order valence-corrected chi connectivity index (χ0v) is 15.0. The number of anilines is 1. The fourth-order valence-corrected chi connectivity index (χ4v) is 2.42. The second-order valence-corrected chi connectivity index (χ2v) is 5.94. The molecular weight excluding hydrogens is 354 g/mol. The van der Waals surface area contributed by atoms with Crippen molar-refractivity contribution in [2.45, 2.75) is 32.8 Å². The lowest BCUT2D eigenvalue weighted by molar-refractivity contribution is -0.115. The van der Waals surface area contributed by atoms with Crippen molar-refractivity contribution in [3.8, 4) is 5.75 Å². The van der Waals surface area contributed by atoms with E-state index in [9.17, 15) is 18.4 Å². The fourth-order valence-electron chi connectivity index (χ4n) is 2.42. The van der Waals surface area contributed by atoms with Gasteiger partial charge in [0.25, 0.3) is 5.91 Å². The number of carbonyl (C=O) groups excluding carboxylic acids is 2. The quantitative estimate of drug-likeness (QED) is 0.695. The number of benzene rings is 2. The van der Waals surface area contributed by atoms with E-state index in [4.69, 9.17) is 0 Å². The molecule has 0 saturated heterocycles. The second-order valence-electron chi connectivity index (χ2n) is 5.94. The van der Waals surface area contributed by atoms with Gasteiger partial charge in [0, 0.05) is 11.3 Å². The van der Waals surface area contributed by atoms with Crippen molar-refractivity contribution in [2.24, 2.45) is 0 Å². The van der Waals surface area contributed by atoms with Gasteiger partial charge in [0.1, 0.15) is 5.75 Å². The predicted octanol–water partition coefficient (Wildman–Crippen LogP) is 4.00. The molecule has 2 rings (SSSR count). The number of halogens is 2. The molecule has 0 radical (unpaired) electrons. The van der Waals surface area contributed by atoms with Crippen molar-refractivity contribution in [3.63, 3.8) is 0 Å². The van der Waals surface area contributed by atoms with Gasteiger partial charge in [0.15, 0.2) is 0 Å². The van der Waals surface area contributed by atoms with Crippen LogP contribution in [0.5, 0.6) is 5.75 Å². The minimum atomic E-state index is -2.97. The minimum absolute atomic E-state index is 0.120. The van der Waals surface area contributed by atoms with Crippen molar-refractivity contribution in [3.05, 3.63) is 59.7 Å². The van der Waals surface area contributed by atoms with Gasteiger partial charge in [-0.2, -0.15) is 8.78 Å². The Bertz CT molecular complexity index is 764. The number of alkyl halides is 2. The molecule has 0 heterocycles. The van der Waals surface area contributed by atoms with E-state index in [0.717, 1.165) is 19.3 Å². The smallest absolute Gasteiger partial charge is 0.387 e. The number of unbranched alkanes of at least 4 members (excludes halogenated alkanes) is 1. The van der Waals surface area contributed by atoms with Crippen molar-refractivity contribution in [1.29, 1.82) is 0 Å². The van der Waals surface area contributed by atoms with Crippen LogP contribution in [0.25, 0.3) is 0 Å². The summed E-state index contributed by atoms with van der Waals surface area (Å²) >= 11 is 0. The SMILES string of the molecule is CCCCc1ccc(NC(=O)CNC(=O)c2cccc(OC(F)F)c2)cc1. The first kappa shape index (κ1) is 20.4. The topological polar surface area (TPSA) is 67.4 Å². The average Bonchev–Trinajstić information content (AvgIpc) is 2.65. The van der Waals surface area contributed by atoms with Crippen LogP contribution < -0.4 is 15.4 Å². The van der Waals surface area contributed by atoms with Gasteiger partial charge in [-0.25, -0.2) is 0 Å². The number of hydrogen-bond donors (Lipinski definition) is 2. The summed E-state index contributed by atoms with van der Waals surface area (Å²) in [5.74, 6) is -1.06. The first-order valence-corrected chi connectivity index (χ1v) is 8.70. The Morgan fingerprint density at radius 2 is 1.85 bits per heavy atom. The van der Waals surface area contributed by atoms with Gasteiger partial charge in [-0.3, -0.25) is 9.59 Å². The first-order valence-electron chi connectivity index (χ1n) is 8.70. The molecule has 0 aliphatic heterocycles. The van der Waals surface area contributed by atoms with Crippen LogP contribution in [-0.4, -0.2) is 25.0 Å². The maximum atomic E-state index is 12.2. The monoisotopic (exact) mass is 376 g/mol. The summed E-state index contributed by atoms with van der Waals surface area (Å²) in [6.07, 6.45) is 3.23. The first-order chi connectivity index (χ1) is 13.0. The number of rotatable bonds is 9. The number of nitrogens with one attached hydrogen (secondary N) is 2. The molecule has 2 aromatic carbocycles. The van der Waals surface area contributed by atoms with Crippen LogP contribution >= 0.6 is 0 Å². The molecule has 0 spiro atoms. The van der Waals surface area contributed by atoms with Gasteiger partial charge in [-0.15, -0.1) is 0 Å². The standard InChI is InChI=1S/C20H22F2N2O3/c1-2-3-5-14-8-10-16(11-9-14)24-18(25)13-23-19(26)15-6-4-7-17(12-15)27-20(21)22/h4,6-12,20H,2-3,5,13H2,1H3,(H,23,26)(H,24,25). The summed E-state index contributed by atoms with van der Waals surface area (Å²) in [5, 5.41) is 5.14. The Hall–Kier alpha value is -2.96. The number of ether oxygens (including phenoxy) is 1. The molecule has 27 heavy (non-hydrogen) atoms. The van der Waals surface area contributed by atoms with Gasteiger partial charge in [0.05, 0.1) is 6.54 Å². The van der Waals surface area contributed by atoms with Gasteiger partial charge in [-0.05, 0) is 48.7 Å². The van der Waals surface area contributed by atoms with Crippen LogP contribution in [0.1, 0.15) is 35.7 Å². The Morgan fingerprint density at radius 1 is 1.11 bits per heavy atom. The summed E-state index contributed by atoms with van der Waals surface area (Å²) in [7, 11) is 0. The fraction of sp³-hybridized carbons (Fsp3) is 0.300. The summed E-state index contributed by atoms with van der Waals surface area (Å²) < 4.78 is 28.7. The lowest BCUT2D eigenvalue weighted by Crippen LogP contribution is -2.32. The van der Waals surface area contributed by atoms with Crippen molar-refractivity contribution in [2.75, 3.05) is 11.9 Å². The third-order valence-corrected chi connectivity index (χ3v) is 3.79. The van der Waals surface area contributed by atoms with Crippen molar-refractivity contribution < 1.29 is 23.1 Å². The maximum Gasteiger partial charge on any atom is 0.387 e. The lowest BCUT2D eigenvalue weighted by atomic mass is 10.1. The van der Waals surface area contributed by atoms with Crippen LogP contribution in [0.15, 0.2) is 48.5 Å². The highest BCUT2D eigenvalue weighted by molar-refractivity contribution is 5.99. The highest BCUT2D eigenvalue weighted by atomic mass is 19.3. The zero-order chi connectivity index (χ0) is 19.6. The third kappa shape index (κ3) is 7.05. The molecule has 0 saturated carbocycles. The largest absolute Gasteiger partial charge is 0.435 e.